The van der Waals surface area contributed by atoms with Crippen LogP contribution in [-0.4, -0.2) is 61.0 Å². The molecule has 6 heteroatoms. The summed E-state index contributed by atoms with van der Waals surface area (Å²) in [5.41, 5.74) is 0. The Morgan fingerprint density at radius 2 is 2.00 bits per heavy atom. The Morgan fingerprint density at radius 1 is 1.45 bits per heavy atom. The predicted molar refractivity (Wildman–Crippen MR) is 42.5 cm³/mol. The van der Waals surface area contributed by atoms with Gasteiger partial charge in [0.15, 0.2) is 0 Å². The molecule has 1 fully saturated rings. The molecule has 1 N–H and O–H groups in total. The van der Waals surface area contributed by atoms with Crippen molar-refractivity contribution in [2.45, 2.75) is 12.2 Å². The van der Waals surface area contributed by atoms with Crippen LogP contribution in [0.25, 0.3) is 0 Å². The first-order chi connectivity index (χ1) is 4.52. The van der Waals surface area contributed by atoms with E-state index < -0.39 is 15.4 Å². The van der Waals surface area contributed by atoms with Crippen molar-refractivity contribution in [3.8, 4) is 0 Å². The molecule has 1 saturated heterocycles. The predicted octanol–water partition coefficient (Wildman–Crippen LogP) is -0.739. The fraction of sp³-hybridized carbons (Fsp3) is 1.00. The van der Waals surface area contributed by atoms with E-state index in [2.05, 4.69) is 0 Å². The molecule has 2 atom stereocenters. The molecule has 0 aromatic carbocycles. The van der Waals surface area contributed by atoms with Gasteiger partial charge in [-0.15, -0.1) is 0 Å². The molecule has 0 aromatic rings. The van der Waals surface area contributed by atoms with Crippen LogP contribution in [0, 0.1) is 5.92 Å². The zero-order valence-electron chi connectivity index (χ0n) is 5.65. The fourth-order valence-corrected chi connectivity index (χ4v) is 1.96. The molecule has 0 amide bonds. The van der Waals surface area contributed by atoms with Gasteiger partial charge in [0.2, 0.25) is 0 Å². The molecule has 4 nitrogen and oxygen atoms in total. The molecule has 1 rings (SSSR count). The topological polar surface area (TPSA) is 63.6 Å². The first-order valence-electron chi connectivity index (χ1n) is 3.06. The molecule has 1 aliphatic heterocycles. The molecule has 62 valence electrons. The summed E-state index contributed by atoms with van der Waals surface area (Å²) in [5.74, 6) is -0.0880. The maximum absolute atomic E-state index is 10.5. The van der Waals surface area contributed by atoms with Crippen molar-refractivity contribution in [2.75, 3.05) is 13.2 Å². The third kappa shape index (κ3) is 3.01. The summed E-state index contributed by atoms with van der Waals surface area (Å²) >= 11 is 0. The molecule has 0 radical (unpaired) electrons. The SMILES string of the molecule is CC1COCC1S(=O)(=O)O.[NaH]. The molecular weight excluding hydrogens is 179 g/mol. The van der Waals surface area contributed by atoms with Crippen molar-refractivity contribution >= 4 is 39.7 Å². The van der Waals surface area contributed by atoms with Crippen LogP contribution in [0.5, 0.6) is 0 Å². The Labute approximate surface area is 88.3 Å². The van der Waals surface area contributed by atoms with Crippen LogP contribution < -0.4 is 0 Å². The van der Waals surface area contributed by atoms with Gasteiger partial charge in [-0.2, -0.15) is 8.42 Å². The van der Waals surface area contributed by atoms with Gasteiger partial charge in [-0.05, 0) is 0 Å². The van der Waals surface area contributed by atoms with Gasteiger partial charge in [0.05, 0.1) is 13.2 Å². The molecule has 11 heavy (non-hydrogen) atoms. The zero-order valence-corrected chi connectivity index (χ0v) is 6.47. The van der Waals surface area contributed by atoms with E-state index in [0.717, 1.165) is 0 Å². The van der Waals surface area contributed by atoms with E-state index in [1.165, 1.54) is 0 Å². The Bertz CT molecular complexity index is 213. The molecular formula is C5H11NaO4S. The van der Waals surface area contributed by atoms with Crippen LogP contribution in [0.3, 0.4) is 0 Å². The van der Waals surface area contributed by atoms with Crippen molar-refractivity contribution in [1.29, 1.82) is 0 Å². The quantitative estimate of drug-likeness (QED) is 0.437. The van der Waals surface area contributed by atoms with Crippen LogP contribution in [0.1, 0.15) is 6.92 Å². The van der Waals surface area contributed by atoms with Crippen LogP contribution in [-0.2, 0) is 14.9 Å². The minimum atomic E-state index is -3.88. The third-order valence-electron chi connectivity index (χ3n) is 1.68. The second-order valence-corrected chi connectivity index (χ2v) is 4.20. The van der Waals surface area contributed by atoms with Crippen molar-refractivity contribution < 1.29 is 17.7 Å². The molecule has 0 spiro atoms. The molecule has 1 aliphatic rings. The van der Waals surface area contributed by atoms with Gasteiger partial charge in [-0.25, -0.2) is 0 Å². The molecule has 0 aliphatic carbocycles. The molecule has 0 aromatic heterocycles. The van der Waals surface area contributed by atoms with Gasteiger partial charge >= 0.3 is 29.6 Å². The Kier molecular flexibility index (Phi) is 4.54. The standard InChI is InChI=1S/C5H10O4S.Na.H/c1-4-2-9-3-5(4)10(6,7)8;;/h4-5H,2-3H2,1H3,(H,6,7,8);;. The second-order valence-electron chi connectivity index (χ2n) is 2.57. The van der Waals surface area contributed by atoms with Crippen molar-refractivity contribution in [3.05, 3.63) is 0 Å². The summed E-state index contributed by atoms with van der Waals surface area (Å²) in [6.07, 6.45) is 0. The second kappa shape index (κ2) is 4.20. The van der Waals surface area contributed by atoms with E-state index in [4.69, 9.17) is 9.29 Å². The third-order valence-corrected chi connectivity index (χ3v) is 3.05. The van der Waals surface area contributed by atoms with Crippen LogP contribution >= 0.6 is 0 Å². The number of hydrogen-bond donors (Lipinski definition) is 1. The maximum atomic E-state index is 10.5. The molecule has 1 heterocycles. The fourth-order valence-electron chi connectivity index (χ4n) is 1.02. The summed E-state index contributed by atoms with van der Waals surface area (Å²) in [5, 5.41) is -0.715. The Morgan fingerprint density at radius 3 is 2.18 bits per heavy atom. The van der Waals surface area contributed by atoms with Crippen molar-refractivity contribution in [2.24, 2.45) is 5.92 Å². The van der Waals surface area contributed by atoms with E-state index >= 15 is 0 Å². The summed E-state index contributed by atoms with van der Waals surface area (Å²) in [6, 6.07) is 0. The minimum absolute atomic E-state index is 0. The van der Waals surface area contributed by atoms with Crippen molar-refractivity contribution in [1.82, 2.24) is 0 Å². The number of ether oxygens (including phenoxy) is 1. The normalized spacial score (nSPS) is 31.5. The summed E-state index contributed by atoms with van der Waals surface area (Å²) in [6.45, 7) is 2.29. The average molecular weight is 190 g/mol. The van der Waals surface area contributed by atoms with Gasteiger partial charge in [0.25, 0.3) is 10.1 Å². The summed E-state index contributed by atoms with van der Waals surface area (Å²) in [7, 11) is -3.88. The van der Waals surface area contributed by atoms with E-state index in [1.54, 1.807) is 6.92 Å². The molecule has 0 saturated carbocycles. The van der Waals surface area contributed by atoms with E-state index in [-0.39, 0.29) is 42.1 Å². The number of hydrogen-bond acceptors (Lipinski definition) is 3. The van der Waals surface area contributed by atoms with Crippen LogP contribution in [0.2, 0.25) is 0 Å². The first-order valence-corrected chi connectivity index (χ1v) is 4.56. The van der Waals surface area contributed by atoms with Crippen molar-refractivity contribution in [3.63, 3.8) is 0 Å². The molecule has 2 unspecified atom stereocenters. The van der Waals surface area contributed by atoms with Gasteiger partial charge in [-0.1, -0.05) is 6.92 Å². The summed E-state index contributed by atoms with van der Waals surface area (Å²) < 4.78 is 34.5. The van der Waals surface area contributed by atoms with Gasteiger partial charge in [-0.3, -0.25) is 4.55 Å². The number of rotatable bonds is 1. The van der Waals surface area contributed by atoms with E-state index in [1.807, 2.05) is 0 Å². The van der Waals surface area contributed by atoms with Gasteiger partial charge in [0.1, 0.15) is 5.25 Å². The van der Waals surface area contributed by atoms with Crippen LogP contribution in [0.4, 0.5) is 0 Å². The van der Waals surface area contributed by atoms with E-state index in [0.29, 0.717) is 6.61 Å². The Balaban J connectivity index is 0.000001000. The molecule has 0 bridgehead atoms. The first kappa shape index (κ1) is 11.9. The van der Waals surface area contributed by atoms with Gasteiger partial charge in [0, 0.05) is 5.92 Å². The Hall–Kier alpha value is 0.870. The average Bonchev–Trinajstić information content (AvgIpc) is 2.11. The zero-order chi connectivity index (χ0) is 7.78. The van der Waals surface area contributed by atoms with Gasteiger partial charge < -0.3 is 4.74 Å². The van der Waals surface area contributed by atoms with E-state index in [9.17, 15) is 8.42 Å². The monoisotopic (exact) mass is 190 g/mol. The summed E-state index contributed by atoms with van der Waals surface area (Å²) in [4.78, 5) is 0. The van der Waals surface area contributed by atoms with Crippen LogP contribution in [0.15, 0.2) is 0 Å².